The average molecular weight is 511 g/mol. The molecule has 0 atom stereocenters. The van der Waals surface area contributed by atoms with Crippen LogP contribution in [0.5, 0.6) is 0 Å². The van der Waals surface area contributed by atoms with Crippen molar-refractivity contribution in [1.29, 1.82) is 0 Å². The summed E-state index contributed by atoms with van der Waals surface area (Å²) in [5.74, 6) is 0.624. The van der Waals surface area contributed by atoms with Gasteiger partial charge in [-0.05, 0) is 37.7 Å². The minimum Gasteiger partial charge on any atom is -0.383 e. The highest BCUT2D eigenvalue weighted by molar-refractivity contribution is 8.17. The smallest absolute Gasteiger partial charge is 0.383 e. The second-order valence-corrected chi connectivity index (χ2v) is 9.14. The van der Waals surface area contributed by atoms with Gasteiger partial charge >= 0.3 is 7.82 Å². The van der Waals surface area contributed by atoms with Crippen LogP contribution in [-0.2, 0) is 20.4 Å². The van der Waals surface area contributed by atoms with Crippen LogP contribution in [0.2, 0.25) is 0 Å². The summed E-state index contributed by atoms with van der Waals surface area (Å²) in [6.07, 6.45) is 1.87. The van der Waals surface area contributed by atoms with Crippen LogP contribution in [-0.4, -0.2) is 47.7 Å². The molecule has 34 heavy (non-hydrogen) atoms. The van der Waals surface area contributed by atoms with Gasteiger partial charge in [-0.2, -0.15) is 0 Å². The first-order chi connectivity index (χ1) is 15.9. The number of non-ortho nitro benzene ring substituents is 1. The number of hydrogen-bond donors (Lipinski definition) is 3. The Morgan fingerprint density at radius 3 is 2.53 bits per heavy atom. The molecule has 0 aliphatic carbocycles. The van der Waals surface area contributed by atoms with Crippen LogP contribution in [0.25, 0.3) is 0 Å². The van der Waals surface area contributed by atoms with Crippen molar-refractivity contribution < 1.29 is 33.4 Å². The molecule has 0 saturated carbocycles. The highest BCUT2D eigenvalue weighted by Crippen LogP contribution is 2.37. The number of nitrogens with two attached hydrogens (primary N) is 1. The van der Waals surface area contributed by atoms with Crippen molar-refractivity contribution in [3.8, 4) is 0 Å². The third-order valence-electron chi connectivity index (χ3n) is 4.44. The quantitative estimate of drug-likeness (QED) is 0.173. The summed E-state index contributed by atoms with van der Waals surface area (Å²) in [5, 5.41) is 10.3. The zero-order valence-corrected chi connectivity index (χ0v) is 19.9. The molecule has 0 aliphatic heterocycles. The zero-order valence-electron chi connectivity index (χ0n) is 18.2. The zero-order chi connectivity index (χ0) is 25.5. The first-order valence-corrected chi connectivity index (χ1v) is 11.9. The second kappa shape index (κ2) is 11.8. The number of amides is 1. The summed E-state index contributed by atoms with van der Waals surface area (Å²) in [5.41, 5.74) is 6.63. The number of carbonyl (C=O) groups is 2. The maximum Gasteiger partial charge on any atom is 0.469 e. The SMILES string of the molecule is C/C(=C(\CCOP(=O)(O)O)SC(=O)c1ccc([N+](=O)[O-])cc1)N(C=O)Cc1cnc(C)nc1N. The number of aryl methyl sites for hydroxylation is 1. The molecular weight excluding hydrogens is 489 g/mol. The number of benzene rings is 1. The molecule has 0 bridgehead atoms. The molecule has 0 unspecified atom stereocenters. The molecule has 0 spiro atoms. The molecule has 1 amide bonds. The largest absolute Gasteiger partial charge is 0.469 e. The highest BCUT2D eigenvalue weighted by atomic mass is 32.2. The Kier molecular flexibility index (Phi) is 9.41. The first-order valence-electron chi connectivity index (χ1n) is 9.57. The van der Waals surface area contributed by atoms with Crippen molar-refractivity contribution in [2.45, 2.75) is 26.8 Å². The van der Waals surface area contributed by atoms with Crippen molar-refractivity contribution in [2.24, 2.45) is 0 Å². The van der Waals surface area contributed by atoms with Gasteiger partial charge < -0.3 is 20.4 Å². The molecule has 1 aromatic carbocycles. The predicted octanol–water partition coefficient (Wildman–Crippen LogP) is 2.54. The number of nitro benzene ring substituents is 1. The van der Waals surface area contributed by atoms with Gasteiger partial charge in [-0.15, -0.1) is 0 Å². The molecule has 1 aromatic heterocycles. The Bertz CT molecular complexity index is 1150. The van der Waals surface area contributed by atoms with E-state index in [0.717, 1.165) is 0 Å². The third kappa shape index (κ3) is 8.01. The fraction of sp³-hybridized carbons (Fsp3) is 0.263. The van der Waals surface area contributed by atoms with Crippen LogP contribution >= 0.6 is 19.6 Å². The number of phosphoric acid groups is 1. The maximum absolute atomic E-state index is 12.8. The van der Waals surface area contributed by atoms with Gasteiger partial charge in [0.05, 0.1) is 18.1 Å². The fourth-order valence-corrected chi connectivity index (χ4v) is 3.92. The van der Waals surface area contributed by atoms with E-state index < -0.39 is 24.5 Å². The van der Waals surface area contributed by atoms with Crippen LogP contribution in [0.1, 0.15) is 35.1 Å². The summed E-state index contributed by atoms with van der Waals surface area (Å²) < 4.78 is 15.5. The molecule has 0 aliphatic rings. The standard InChI is InChI=1S/C19H22N5O8PS/c1-12(23(11-25)10-15-9-21-13(2)22-18(15)20)17(7-8-32-33(29,30)31)34-19(26)14-3-5-16(6-4-14)24(27)28/h3-6,9,11H,7-8,10H2,1-2H3,(H2,20,21,22)(H2,29,30,31)/b17-12-. The predicted molar refractivity (Wildman–Crippen MR) is 123 cm³/mol. The van der Waals surface area contributed by atoms with Crippen LogP contribution in [0.15, 0.2) is 41.1 Å². The topological polar surface area (TPSA) is 199 Å². The Morgan fingerprint density at radius 2 is 2.00 bits per heavy atom. The van der Waals surface area contributed by atoms with Crippen molar-refractivity contribution in [1.82, 2.24) is 14.9 Å². The average Bonchev–Trinajstić information content (AvgIpc) is 2.76. The summed E-state index contributed by atoms with van der Waals surface area (Å²) in [6, 6.07) is 4.93. The maximum atomic E-state index is 12.8. The molecule has 2 aromatic rings. The first kappa shape index (κ1) is 27.1. The molecule has 0 saturated heterocycles. The summed E-state index contributed by atoms with van der Waals surface area (Å²) in [4.78, 5) is 62.4. The lowest BCUT2D eigenvalue weighted by Gasteiger charge is -2.22. The Balaban J connectivity index is 2.33. The number of anilines is 1. The number of phosphoric ester groups is 1. The van der Waals surface area contributed by atoms with Gasteiger partial charge in [0.15, 0.2) is 0 Å². The lowest BCUT2D eigenvalue weighted by atomic mass is 10.2. The van der Waals surface area contributed by atoms with Gasteiger partial charge in [0.2, 0.25) is 11.5 Å². The number of hydrogen-bond acceptors (Lipinski definition) is 10. The van der Waals surface area contributed by atoms with E-state index in [-0.39, 0.29) is 34.9 Å². The van der Waals surface area contributed by atoms with Gasteiger partial charge in [0.25, 0.3) is 5.69 Å². The molecule has 2 rings (SSSR count). The van der Waals surface area contributed by atoms with Gasteiger partial charge in [0, 0.05) is 46.5 Å². The van der Waals surface area contributed by atoms with E-state index in [1.54, 1.807) is 13.8 Å². The van der Waals surface area contributed by atoms with Crippen LogP contribution in [0, 0.1) is 17.0 Å². The van der Waals surface area contributed by atoms with Gasteiger partial charge in [0.1, 0.15) is 11.6 Å². The normalized spacial score (nSPS) is 12.1. The van der Waals surface area contributed by atoms with Crippen LogP contribution in [0.3, 0.4) is 0 Å². The van der Waals surface area contributed by atoms with Gasteiger partial charge in [-0.3, -0.25) is 24.2 Å². The van der Waals surface area contributed by atoms with Crippen LogP contribution < -0.4 is 5.73 Å². The molecule has 15 heteroatoms. The van der Waals surface area contributed by atoms with E-state index >= 15 is 0 Å². The Hall–Kier alpha value is -3.16. The number of nitrogens with zero attached hydrogens (tertiary/aromatic N) is 4. The fourth-order valence-electron chi connectivity index (χ4n) is 2.67. The second-order valence-electron chi connectivity index (χ2n) is 6.84. The summed E-state index contributed by atoms with van der Waals surface area (Å²) >= 11 is 0.706. The number of allylic oxidation sites excluding steroid dienone is 1. The number of rotatable bonds is 11. The lowest BCUT2D eigenvalue weighted by molar-refractivity contribution is -0.384. The number of nitrogen functional groups attached to an aromatic ring is 1. The highest BCUT2D eigenvalue weighted by Gasteiger charge is 2.20. The number of nitro groups is 1. The number of thioether (sulfide) groups is 1. The minimum absolute atomic E-state index is 0.0173. The number of carbonyl (C=O) groups excluding carboxylic acids is 2. The third-order valence-corrected chi connectivity index (χ3v) is 6.13. The Labute approximate surface area is 198 Å². The molecule has 4 N–H and O–H groups in total. The minimum atomic E-state index is -4.75. The van der Waals surface area contributed by atoms with Gasteiger partial charge in [-0.1, -0.05) is 0 Å². The van der Waals surface area contributed by atoms with Crippen molar-refractivity contribution in [2.75, 3.05) is 12.3 Å². The molecule has 0 fully saturated rings. The van der Waals surface area contributed by atoms with Crippen molar-refractivity contribution in [3.63, 3.8) is 0 Å². The molecule has 1 heterocycles. The molecule has 182 valence electrons. The van der Waals surface area contributed by atoms with E-state index in [1.165, 1.54) is 35.4 Å². The molecule has 13 nitrogen and oxygen atoms in total. The number of aromatic nitrogens is 2. The van der Waals surface area contributed by atoms with Crippen LogP contribution in [0.4, 0.5) is 11.5 Å². The van der Waals surface area contributed by atoms with Gasteiger partial charge in [-0.25, -0.2) is 14.5 Å². The molecular formula is C19H22N5O8PS. The lowest BCUT2D eigenvalue weighted by Crippen LogP contribution is -2.22. The van der Waals surface area contributed by atoms with E-state index in [0.29, 0.717) is 35.3 Å². The summed E-state index contributed by atoms with van der Waals surface area (Å²) in [6.45, 7) is 2.75. The van der Waals surface area contributed by atoms with E-state index in [9.17, 15) is 24.3 Å². The molecule has 0 radical (unpaired) electrons. The van der Waals surface area contributed by atoms with Crippen molar-refractivity contribution in [3.05, 3.63) is 68.1 Å². The van der Waals surface area contributed by atoms with E-state index in [2.05, 4.69) is 14.5 Å². The van der Waals surface area contributed by atoms with Crippen molar-refractivity contribution >= 4 is 42.6 Å². The Morgan fingerprint density at radius 1 is 1.35 bits per heavy atom. The summed E-state index contributed by atoms with van der Waals surface area (Å²) in [7, 11) is -4.75. The monoisotopic (exact) mass is 511 g/mol. The van der Waals surface area contributed by atoms with E-state index in [4.69, 9.17) is 15.5 Å². The van der Waals surface area contributed by atoms with E-state index in [1.807, 2.05) is 0 Å².